The first-order chi connectivity index (χ1) is 13.0. The average molecular weight is 403 g/mol. The normalized spacial score (nSPS) is 13.4. The van der Waals surface area contributed by atoms with E-state index in [9.17, 15) is 19.1 Å². The SMILES string of the molecule is C=CC(=O)Nc1sc2c(c1-c1nc3ccc(F)cc3s1)CCN(C(=O)O)C2. The summed E-state index contributed by atoms with van der Waals surface area (Å²) in [4.78, 5) is 30.0. The van der Waals surface area contributed by atoms with Gasteiger partial charge >= 0.3 is 6.09 Å². The molecule has 3 heterocycles. The zero-order chi connectivity index (χ0) is 19.1. The van der Waals surface area contributed by atoms with Gasteiger partial charge in [0.15, 0.2) is 0 Å². The van der Waals surface area contributed by atoms with Crippen molar-refractivity contribution in [3.8, 4) is 10.6 Å². The molecule has 0 aliphatic carbocycles. The molecule has 0 saturated heterocycles. The minimum atomic E-state index is -0.970. The van der Waals surface area contributed by atoms with Gasteiger partial charge in [0.1, 0.15) is 15.8 Å². The molecular weight excluding hydrogens is 389 g/mol. The minimum absolute atomic E-state index is 0.270. The van der Waals surface area contributed by atoms with Gasteiger partial charge in [0, 0.05) is 17.0 Å². The highest BCUT2D eigenvalue weighted by molar-refractivity contribution is 7.23. The molecule has 6 nitrogen and oxygen atoms in total. The van der Waals surface area contributed by atoms with Crippen molar-refractivity contribution in [2.24, 2.45) is 0 Å². The van der Waals surface area contributed by atoms with Gasteiger partial charge in [0.25, 0.3) is 0 Å². The smallest absolute Gasteiger partial charge is 0.407 e. The van der Waals surface area contributed by atoms with Crippen LogP contribution in [0.25, 0.3) is 20.8 Å². The van der Waals surface area contributed by atoms with E-state index >= 15 is 0 Å². The molecule has 2 aromatic heterocycles. The molecule has 0 fully saturated rings. The Kier molecular flexibility index (Phi) is 4.40. The lowest BCUT2D eigenvalue weighted by Crippen LogP contribution is -2.34. The number of thiophene rings is 1. The number of rotatable bonds is 3. The number of amides is 2. The van der Waals surface area contributed by atoms with E-state index in [1.165, 1.54) is 45.8 Å². The average Bonchev–Trinajstić information content (AvgIpc) is 3.20. The fourth-order valence-electron chi connectivity index (χ4n) is 3.05. The van der Waals surface area contributed by atoms with Crippen LogP contribution in [0, 0.1) is 5.82 Å². The number of benzene rings is 1. The van der Waals surface area contributed by atoms with Gasteiger partial charge in [-0.05, 0) is 36.3 Å². The fourth-order valence-corrected chi connectivity index (χ4v) is 5.45. The second kappa shape index (κ2) is 6.75. The highest BCUT2D eigenvalue weighted by Gasteiger charge is 2.29. The van der Waals surface area contributed by atoms with Crippen LogP contribution in [-0.4, -0.2) is 33.5 Å². The number of fused-ring (bicyclic) bond motifs is 2. The lowest BCUT2D eigenvalue weighted by molar-refractivity contribution is -0.111. The number of carbonyl (C=O) groups is 2. The topological polar surface area (TPSA) is 82.5 Å². The molecule has 1 aromatic carbocycles. The van der Waals surface area contributed by atoms with E-state index < -0.39 is 6.09 Å². The van der Waals surface area contributed by atoms with Crippen molar-refractivity contribution in [3.05, 3.63) is 47.1 Å². The summed E-state index contributed by atoms with van der Waals surface area (Å²) in [6.45, 7) is 4.12. The highest BCUT2D eigenvalue weighted by Crippen LogP contribution is 2.45. The monoisotopic (exact) mass is 403 g/mol. The van der Waals surface area contributed by atoms with E-state index in [1.807, 2.05) is 0 Å². The van der Waals surface area contributed by atoms with Gasteiger partial charge < -0.3 is 15.3 Å². The van der Waals surface area contributed by atoms with Gasteiger partial charge in [-0.15, -0.1) is 22.7 Å². The van der Waals surface area contributed by atoms with E-state index in [-0.39, 0.29) is 18.3 Å². The third kappa shape index (κ3) is 3.19. The first-order valence-electron chi connectivity index (χ1n) is 8.08. The molecule has 3 aromatic rings. The summed E-state index contributed by atoms with van der Waals surface area (Å²) in [7, 11) is 0. The number of hydrogen-bond acceptors (Lipinski definition) is 5. The summed E-state index contributed by atoms with van der Waals surface area (Å²) >= 11 is 2.69. The molecule has 0 atom stereocenters. The van der Waals surface area contributed by atoms with Gasteiger partial charge in [-0.2, -0.15) is 0 Å². The first kappa shape index (κ1) is 17.6. The lowest BCUT2D eigenvalue weighted by Gasteiger charge is -2.24. The Morgan fingerprint density at radius 3 is 2.93 bits per heavy atom. The zero-order valence-corrected chi connectivity index (χ0v) is 15.6. The number of anilines is 1. The molecule has 138 valence electrons. The third-order valence-corrected chi connectivity index (χ3v) is 6.48. The maximum atomic E-state index is 13.5. The maximum absolute atomic E-state index is 13.5. The second-order valence-electron chi connectivity index (χ2n) is 5.99. The summed E-state index contributed by atoms with van der Waals surface area (Å²) in [5, 5.41) is 13.4. The molecular formula is C18H14FN3O3S2. The Balaban J connectivity index is 1.85. The standard InChI is InChI=1S/C18H14FN3O3S2/c1-2-14(23)21-17-15(10-5-6-22(18(24)25)8-13(10)27-17)16-20-11-4-3-9(19)7-12(11)26-16/h2-4,7H,1,5-6,8H2,(H,21,23)(H,24,25). The molecule has 1 aliphatic heterocycles. The van der Waals surface area contributed by atoms with Crippen molar-refractivity contribution in [3.63, 3.8) is 0 Å². The molecule has 0 bridgehead atoms. The number of carboxylic acid groups (broad SMARTS) is 1. The highest BCUT2D eigenvalue weighted by atomic mass is 32.1. The van der Waals surface area contributed by atoms with E-state index in [0.29, 0.717) is 33.2 Å². The molecule has 0 unspecified atom stereocenters. The molecule has 2 N–H and O–H groups in total. The predicted molar refractivity (Wildman–Crippen MR) is 104 cm³/mol. The van der Waals surface area contributed by atoms with E-state index in [0.717, 1.165) is 16.0 Å². The quantitative estimate of drug-likeness (QED) is 0.638. The van der Waals surface area contributed by atoms with Gasteiger partial charge in [0.2, 0.25) is 5.91 Å². The van der Waals surface area contributed by atoms with Gasteiger partial charge in [-0.3, -0.25) is 4.79 Å². The maximum Gasteiger partial charge on any atom is 0.407 e. The third-order valence-electron chi connectivity index (χ3n) is 4.31. The molecule has 0 spiro atoms. The summed E-state index contributed by atoms with van der Waals surface area (Å²) in [5.41, 5.74) is 2.45. The van der Waals surface area contributed by atoms with Crippen molar-refractivity contribution < 1.29 is 19.1 Å². The number of halogens is 1. The Labute approximate surface area is 161 Å². The van der Waals surface area contributed by atoms with Crippen LogP contribution in [0.3, 0.4) is 0 Å². The second-order valence-corrected chi connectivity index (χ2v) is 8.12. The molecule has 9 heteroatoms. The first-order valence-corrected chi connectivity index (χ1v) is 9.72. The van der Waals surface area contributed by atoms with Crippen LogP contribution < -0.4 is 5.32 Å². The Morgan fingerprint density at radius 2 is 2.19 bits per heavy atom. The number of carbonyl (C=O) groups excluding carboxylic acids is 1. The fraction of sp³-hybridized carbons (Fsp3) is 0.167. The van der Waals surface area contributed by atoms with Crippen LogP contribution in [0.15, 0.2) is 30.9 Å². The Hall–Kier alpha value is -2.78. The number of thiazole rings is 1. The molecule has 27 heavy (non-hydrogen) atoms. The number of aromatic nitrogens is 1. The van der Waals surface area contributed by atoms with Crippen LogP contribution in [0.1, 0.15) is 10.4 Å². The summed E-state index contributed by atoms with van der Waals surface area (Å²) < 4.78 is 14.2. The van der Waals surface area contributed by atoms with Crippen LogP contribution in [0.4, 0.5) is 14.2 Å². The van der Waals surface area contributed by atoms with Crippen molar-refractivity contribution >= 4 is 49.9 Å². The van der Waals surface area contributed by atoms with Crippen LogP contribution >= 0.6 is 22.7 Å². The Morgan fingerprint density at radius 1 is 1.37 bits per heavy atom. The molecule has 1 aliphatic rings. The zero-order valence-electron chi connectivity index (χ0n) is 14.0. The predicted octanol–water partition coefficient (Wildman–Crippen LogP) is 4.32. The van der Waals surface area contributed by atoms with Crippen molar-refractivity contribution in [2.45, 2.75) is 13.0 Å². The van der Waals surface area contributed by atoms with E-state index in [2.05, 4.69) is 16.9 Å². The van der Waals surface area contributed by atoms with Crippen LogP contribution in [0.5, 0.6) is 0 Å². The lowest BCUT2D eigenvalue weighted by atomic mass is 10.0. The van der Waals surface area contributed by atoms with Crippen molar-refractivity contribution in [2.75, 3.05) is 11.9 Å². The summed E-state index contributed by atoms with van der Waals surface area (Å²) in [6, 6.07) is 4.42. The molecule has 0 saturated carbocycles. The number of hydrogen-bond donors (Lipinski definition) is 2. The van der Waals surface area contributed by atoms with Crippen LogP contribution in [-0.2, 0) is 17.8 Å². The summed E-state index contributed by atoms with van der Waals surface area (Å²) in [5.74, 6) is -0.681. The largest absolute Gasteiger partial charge is 0.465 e. The molecule has 4 rings (SSSR count). The molecule has 0 radical (unpaired) electrons. The molecule has 2 amide bonds. The Bertz CT molecular complexity index is 1090. The van der Waals surface area contributed by atoms with Gasteiger partial charge in [0.05, 0.1) is 16.8 Å². The number of nitrogens with zero attached hydrogens (tertiary/aromatic N) is 2. The van der Waals surface area contributed by atoms with Crippen LogP contribution in [0.2, 0.25) is 0 Å². The minimum Gasteiger partial charge on any atom is -0.465 e. The van der Waals surface area contributed by atoms with Gasteiger partial charge in [-0.25, -0.2) is 14.2 Å². The van der Waals surface area contributed by atoms with Gasteiger partial charge in [-0.1, -0.05) is 6.58 Å². The van der Waals surface area contributed by atoms with Crippen molar-refractivity contribution in [1.29, 1.82) is 0 Å². The number of nitrogens with one attached hydrogen (secondary N) is 1. The summed E-state index contributed by atoms with van der Waals surface area (Å²) in [6.07, 6.45) is 0.740. The van der Waals surface area contributed by atoms with E-state index in [4.69, 9.17) is 0 Å². The van der Waals surface area contributed by atoms with Crippen molar-refractivity contribution in [1.82, 2.24) is 9.88 Å². The van der Waals surface area contributed by atoms with E-state index in [1.54, 1.807) is 6.07 Å².